The summed E-state index contributed by atoms with van der Waals surface area (Å²) >= 11 is 0. The highest BCUT2D eigenvalue weighted by molar-refractivity contribution is 5.89. The molecular formula is C29H35NO3. The number of anilines is 1. The highest BCUT2D eigenvalue weighted by Gasteiger charge is 2.32. The summed E-state index contributed by atoms with van der Waals surface area (Å²) in [6, 6.07) is 28.1. The van der Waals surface area contributed by atoms with Gasteiger partial charge in [-0.25, -0.2) is 4.79 Å². The fourth-order valence-corrected chi connectivity index (χ4v) is 4.07. The Morgan fingerprint density at radius 1 is 0.939 bits per heavy atom. The number of aryl methyl sites for hydroxylation is 1. The Labute approximate surface area is 197 Å². The summed E-state index contributed by atoms with van der Waals surface area (Å²) in [4.78, 5) is 14.1. The third-order valence-electron chi connectivity index (χ3n) is 6.26. The van der Waals surface area contributed by atoms with Crippen LogP contribution in [0.2, 0.25) is 0 Å². The molecule has 33 heavy (non-hydrogen) atoms. The van der Waals surface area contributed by atoms with Crippen molar-refractivity contribution < 1.29 is 14.6 Å². The van der Waals surface area contributed by atoms with Gasteiger partial charge in [0.25, 0.3) is 0 Å². The van der Waals surface area contributed by atoms with Gasteiger partial charge in [0.05, 0.1) is 23.8 Å². The minimum atomic E-state index is -0.866. The average molecular weight is 446 g/mol. The molecule has 0 bridgehead atoms. The minimum absolute atomic E-state index is 0.0775. The van der Waals surface area contributed by atoms with Crippen molar-refractivity contribution in [3.05, 3.63) is 102 Å². The van der Waals surface area contributed by atoms with Gasteiger partial charge in [-0.1, -0.05) is 60.7 Å². The topological polar surface area (TPSA) is 49.8 Å². The van der Waals surface area contributed by atoms with Gasteiger partial charge >= 0.3 is 5.97 Å². The number of rotatable bonds is 11. The standard InChI is InChI=1S/C29H35NO3/c1-4-33-28(31)26-19-17-24(18-20-26)14-11-21-29(3,32)23(2)30(27-15-9-6-10-16-27)22-25-12-7-5-8-13-25/h5-10,12-13,15-20,23,32H,4,11,14,21-22H2,1-3H3/t23-,29+/m1/s1. The van der Waals surface area contributed by atoms with Crippen LogP contribution in [0.4, 0.5) is 5.69 Å². The van der Waals surface area contributed by atoms with Crippen LogP contribution in [0.5, 0.6) is 0 Å². The number of carbonyl (C=O) groups is 1. The molecule has 4 heteroatoms. The second-order valence-electron chi connectivity index (χ2n) is 8.75. The number of hydrogen-bond donors (Lipinski definition) is 1. The number of carbonyl (C=O) groups excluding carboxylic acids is 1. The van der Waals surface area contributed by atoms with Crippen molar-refractivity contribution in [1.29, 1.82) is 0 Å². The molecule has 0 aliphatic heterocycles. The first-order chi connectivity index (χ1) is 15.9. The molecule has 3 aromatic carbocycles. The van der Waals surface area contributed by atoms with Crippen molar-refractivity contribution in [3.63, 3.8) is 0 Å². The van der Waals surface area contributed by atoms with Crippen molar-refractivity contribution in [2.75, 3.05) is 11.5 Å². The number of aliphatic hydroxyl groups is 1. The van der Waals surface area contributed by atoms with E-state index in [0.29, 0.717) is 18.6 Å². The highest BCUT2D eigenvalue weighted by atomic mass is 16.5. The van der Waals surface area contributed by atoms with E-state index in [2.05, 4.69) is 48.2 Å². The molecule has 0 saturated carbocycles. The summed E-state index contributed by atoms with van der Waals surface area (Å²) in [5, 5.41) is 11.4. The molecule has 2 atom stereocenters. The van der Waals surface area contributed by atoms with Gasteiger partial charge in [-0.3, -0.25) is 0 Å². The molecule has 0 fully saturated rings. The largest absolute Gasteiger partial charge is 0.462 e. The van der Waals surface area contributed by atoms with Crippen molar-refractivity contribution in [2.24, 2.45) is 0 Å². The van der Waals surface area contributed by atoms with E-state index in [1.165, 1.54) is 5.56 Å². The lowest BCUT2D eigenvalue weighted by Gasteiger charge is -2.40. The zero-order valence-electron chi connectivity index (χ0n) is 19.9. The summed E-state index contributed by atoms with van der Waals surface area (Å²) in [6.07, 6.45) is 2.37. The van der Waals surface area contributed by atoms with Gasteiger partial charge in [-0.2, -0.15) is 0 Å². The first kappa shape index (κ1) is 24.5. The molecule has 0 aliphatic rings. The van der Waals surface area contributed by atoms with Gasteiger partial charge in [0.15, 0.2) is 0 Å². The van der Waals surface area contributed by atoms with Gasteiger partial charge in [-0.05, 0) is 75.4 Å². The molecule has 0 aliphatic carbocycles. The molecule has 0 spiro atoms. The number of nitrogens with zero attached hydrogens (tertiary/aromatic N) is 1. The molecule has 0 saturated heterocycles. The van der Waals surface area contributed by atoms with Gasteiger partial charge in [0.1, 0.15) is 0 Å². The lowest BCUT2D eigenvalue weighted by atomic mass is 9.89. The van der Waals surface area contributed by atoms with Crippen LogP contribution in [-0.2, 0) is 17.7 Å². The quantitative estimate of drug-likeness (QED) is 0.366. The second kappa shape index (κ2) is 11.7. The van der Waals surface area contributed by atoms with E-state index in [0.717, 1.165) is 30.6 Å². The predicted molar refractivity (Wildman–Crippen MR) is 134 cm³/mol. The lowest BCUT2D eigenvalue weighted by molar-refractivity contribution is 0.0247. The van der Waals surface area contributed by atoms with E-state index < -0.39 is 5.60 Å². The maximum absolute atomic E-state index is 11.8. The van der Waals surface area contributed by atoms with E-state index in [1.54, 1.807) is 6.92 Å². The average Bonchev–Trinajstić information content (AvgIpc) is 2.84. The van der Waals surface area contributed by atoms with Crippen LogP contribution in [0, 0.1) is 0 Å². The van der Waals surface area contributed by atoms with E-state index in [1.807, 2.05) is 55.5 Å². The third-order valence-corrected chi connectivity index (χ3v) is 6.26. The van der Waals surface area contributed by atoms with Gasteiger partial charge in [0, 0.05) is 12.2 Å². The number of esters is 1. The Hall–Kier alpha value is -3.11. The summed E-state index contributed by atoms with van der Waals surface area (Å²) in [6.45, 7) is 6.94. The Morgan fingerprint density at radius 2 is 1.55 bits per heavy atom. The number of hydrogen-bond acceptors (Lipinski definition) is 4. The van der Waals surface area contributed by atoms with Gasteiger partial charge in [0.2, 0.25) is 0 Å². The van der Waals surface area contributed by atoms with Crippen LogP contribution in [0.25, 0.3) is 0 Å². The summed E-state index contributed by atoms with van der Waals surface area (Å²) in [7, 11) is 0. The third kappa shape index (κ3) is 6.93. The summed E-state index contributed by atoms with van der Waals surface area (Å²) in [5.74, 6) is -0.291. The van der Waals surface area contributed by atoms with Gasteiger partial charge in [-0.15, -0.1) is 0 Å². The lowest BCUT2D eigenvalue weighted by Crippen LogP contribution is -2.49. The number of para-hydroxylation sites is 1. The van der Waals surface area contributed by atoms with Crippen LogP contribution in [0.1, 0.15) is 55.1 Å². The zero-order chi connectivity index (χ0) is 23.7. The molecule has 3 rings (SSSR count). The van der Waals surface area contributed by atoms with Crippen LogP contribution in [-0.4, -0.2) is 29.3 Å². The minimum Gasteiger partial charge on any atom is -0.462 e. The van der Waals surface area contributed by atoms with E-state index in [-0.39, 0.29) is 12.0 Å². The molecular weight excluding hydrogens is 410 g/mol. The Balaban J connectivity index is 1.64. The van der Waals surface area contributed by atoms with Crippen LogP contribution in [0.15, 0.2) is 84.9 Å². The first-order valence-electron chi connectivity index (χ1n) is 11.7. The van der Waals surface area contributed by atoms with Crippen molar-refractivity contribution in [1.82, 2.24) is 0 Å². The van der Waals surface area contributed by atoms with Crippen molar-refractivity contribution in [3.8, 4) is 0 Å². The molecule has 174 valence electrons. The Morgan fingerprint density at radius 3 is 2.15 bits per heavy atom. The number of benzene rings is 3. The molecule has 0 amide bonds. The molecule has 3 aromatic rings. The van der Waals surface area contributed by atoms with E-state index in [4.69, 9.17) is 4.74 Å². The fourth-order valence-electron chi connectivity index (χ4n) is 4.07. The number of ether oxygens (including phenoxy) is 1. The maximum Gasteiger partial charge on any atom is 0.338 e. The summed E-state index contributed by atoms with van der Waals surface area (Å²) < 4.78 is 5.04. The van der Waals surface area contributed by atoms with Crippen LogP contribution in [0.3, 0.4) is 0 Å². The molecule has 4 nitrogen and oxygen atoms in total. The van der Waals surface area contributed by atoms with Crippen molar-refractivity contribution in [2.45, 2.75) is 58.2 Å². The molecule has 0 heterocycles. The van der Waals surface area contributed by atoms with Gasteiger partial charge < -0.3 is 14.7 Å². The Bertz CT molecular complexity index is 984. The molecule has 0 aromatic heterocycles. The predicted octanol–water partition coefficient (Wildman–Crippen LogP) is 6.03. The molecule has 1 N–H and O–H groups in total. The normalized spacial score (nSPS) is 13.7. The van der Waals surface area contributed by atoms with Crippen LogP contribution < -0.4 is 4.90 Å². The zero-order valence-corrected chi connectivity index (χ0v) is 19.9. The highest BCUT2D eigenvalue weighted by Crippen LogP contribution is 2.29. The molecule has 0 unspecified atom stereocenters. The SMILES string of the molecule is CCOC(=O)c1ccc(CCC[C@](C)(O)[C@@H](C)N(Cc2ccccc2)c2ccccc2)cc1. The Kier molecular flexibility index (Phi) is 8.67. The van der Waals surface area contributed by atoms with E-state index in [9.17, 15) is 9.90 Å². The van der Waals surface area contributed by atoms with E-state index >= 15 is 0 Å². The van der Waals surface area contributed by atoms with Crippen molar-refractivity contribution >= 4 is 11.7 Å². The smallest absolute Gasteiger partial charge is 0.338 e. The first-order valence-corrected chi connectivity index (χ1v) is 11.7. The maximum atomic E-state index is 11.8. The molecule has 0 radical (unpaired) electrons. The van der Waals surface area contributed by atoms with Crippen LogP contribution >= 0.6 is 0 Å². The fraction of sp³-hybridized carbons (Fsp3) is 0.345. The monoisotopic (exact) mass is 445 g/mol. The summed E-state index contributed by atoms with van der Waals surface area (Å²) in [5.41, 5.74) is 3.17. The second-order valence-corrected chi connectivity index (χ2v) is 8.75.